The second kappa shape index (κ2) is 3.29. The summed E-state index contributed by atoms with van der Waals surface area (Å²) in [5.41, 5.74) is 1.00. The van der Waals surface area contributed by atoms with Gasteiger partial charge in [0.25, 0.3) is 0 Å². The third-order valence-electron chi connectivity index (χ3n) is 1.51. The lowest BCUT2D eigenvalue weighted by Crippen LogP contribution is -2.09. The van der Waals surface area contributed by atoms with Gasteiger partial charge in [-0.2, -0.15) is 10.3 Å². The Morgan fingerprint density at radius 1 is 1.57 bits per heavy atom. The number of pyridine rings is 1. The number of carbonyl (C=O) groups is 1. The van der Waals surface area contributed by atoms with Gasteiger partial charge in [-0.05, 0) is 0 Å². The zero-order valence-corrected chi connectivity index (χ0v) is 6.97. The predicted molar refractivity (Wildman–Crippen MR) is 44.8 cm³/mol. The summed E-state index contributed by atoms with van der Waals surface area (Å²) in [6.45, 7) is -0.398. The summed E-state index contributed by atoms with van der Waals surface area (Å²) in [5.74, 6) is -0.681. The van der Waals surface area contributed by atoms with Gasteiger partial charge < -0.3 is 9.84 Å². The highest BCUT2D eigenvalue weighted by Crippen LogP contribution is 2.13. The van der Waals surface area contributed by atoms with E-state index in [0.717, 1.165) is 0 Å². The minimum atomic E-state index is -1.04. The molecule has 2 heterocycles. The van der Waals surface area contributed by atoms with Crippen LogP contribution in [0.1, 0.15) is 0 Å². The van der Waals surface area contributed by atoms with E-state index in [9.17, 15) is 4.79 Å². The molecule has 2 aromatic rings. The molecule has 2 aromatic heterocycles. The number of nitrogens with one attached hydrogen (secondary N) is 1. The molecule has 0 saturated carbocycles. The number of carboxylic acids is 1. The summed E-state index contributed by atoms with van der Waals surface area (Å²) < 4.78 is 4.90. The first-order valence-corrected chi connectivity index (χ1v) is 3.77. The molecule has 0 fully saturated rings. The van der Waals surface area contributed by atoms with Crippen molar-refractivity contribution in [3.63, 3.8) is 0 Å². The Morgan fingerprint density at radius 3 is 3.21 bits per heavy atom. The molecule has 7 nitrogen and oxygen atoms in total. The summed E-state index contributed by atoms with van der Waals surface area (Å²) in [6.07, 6.45) is 1.40. The van der Waals surface area contributed by atoms with Crippen molar-refractivity contribution in [1.82, 2.24) is 20.4 Å². The summed E-state index contributed by atoms with van der Waals surface area (Å²) in [5, 5.41) is 18.3. The third kappa shape index (κ3) is 1.60. The molecule has 0 aliphatic heterocycles. The van der Waals surface area contributed by atoms with Gasteiger partial charge in [0.05, 0.1) is 6.20 Å². The summed E-state index contributed by atoms with van der Waals surface area (Å²) >= 11 is 0. The monoisotopic (exact) mass is 194 g/mol. The number of H-pyrrole nitrogens is 1. The Kier molecular flexibility index (Phi) is 1.98. The van der Waals surface area contributed by atoms with Gasteiger partial charge in [0.2, 0.25) is 5.65 Å². The van der Waals surface area contributed by atoms with E-state index in [2.05, 4.69) is 20.4 Å². The molecule has 0 aliphatic rings. The maximum atomic E-state index is 10.2. The molecule has 0 atom stereocenters. The van der Waals surface area contributed by atoms with Gasteiger partial charge in [0.15, 0.2) is 6.61 Å². The highest BCUT2D eigenvalue weighted by molar-refractivity contribution is 5.71. The lowest BCUT2D eigenvalue weighted by atomic mass is 10.4. The van der Waals surface area contributed by atoms with Gasteiger partial charge in [-0.15, -0.1) is 5.10 Å². The Morgan fingerprint density at radius 2 is 2.43 bits per heavy atom. The van der Waals surface area contributed by atoms with Gasteiger partial charge >= 0.3 is 5.97 Å². The first-order chi connectivity index (χ1) is 6.75. The van der Waals surface area contributed by atoms with E-state index in [1.165, 1.54) is 6.20 Å². The van der Waals surface area contributed by atoms with Crippen molar-refractivity contribution in [3.05, 3.63) is 12.3 Å². The average Bonchev–Trinajstić information content (AvgIpc) is 2.61. The fourth-order valence-corrected chi connectivity index (χ4v) is 0.946. The fourth-order valence-electron chi connectivity index (χ4n) is 0.946. The molecule has 0 aliphatic carbocycles. The van der Waals surface area contributed by atoms with Crippen LogP contribution in [0.4, 0.5) is 0 Å². The molecule has 0 spiro atoms. The molecular weight excluding hydrogens is 188 g/mol. The van der Waals surface area contributed by atoms with Crippen molar-refractivity contribution in [3.8, 4) is 5.75 Å². The maximum Gasteiger partial charge on any atom is 0.341 e. The Labute approximate surface area is 77.7 Å². The minimum Gasteiger partial charge on any atom is -0.480 e. The fraction of sp³-hybridized carbons (Fsp3) is 0.143. The highest BCUT2D eigenvalue weighted by Gasteiger charge is 2.03. The third-order valence-corrected chi connectivity index (χ3v) is 1.51. The molecule has 0 aromatic carbocycles. The quantitative estimate of drug-likeness (QED) is 0.702. The molecule has 2 N–H and O–H groups in total. The molecule has 0 amide bonds. The van der Waals surface area contributed by atoms with E-state index in [1.807, 2.05) is 0 Å². The number of nitrogens with zero attached hydrogens (tertiary/aromatic N) is 3. The summed E-state index contributed by atoms with van der Waals surface area (Å²) in [7, 11) is 0. The zero-order chi connectivity index (χ0) is 9.97. The molecule has 0 bridgehead atoms. The van der Waals surface area contributed by atoms with Crippen LogP contribution in [0.5, 0.6) is 5.75 Å². The molecular formula is C7H6N4O3. The van der Waals surface area contributed by atoms with Crippen molar-refractivity contribution >= 4 is 17.1 Å². The number of ether oxygens (including phenoxy) is 1. The number of rotatable bonds is 3. The number of aromatic nitrogens is 4. The molecule has 0 saturated heterocycles. The lowest BCUT2D eigenvalue weighted by molar-refractivity contribution is -0.139. The van der Waals surface area contributed by atoms with Crippen LogP contribution in [0.25, 0.3) is 11.2 Å². The normalized spacial score (nSPS) is 10.3. The van der Waals surface area contributed by atoms with E-state index in [-0.39, 0.29) is 0 Å². The zero-order valence-electron chi connectivity index (χ0n) is 6.97. The van der Waals surface area contributed by atoms with Crippen molar-refractivity contribution in [2.24, 2.45) is 0 Å². The SMILES string of the molecule is O=C(O)COc1cnc2n[nH]nc2c1. The molecule has 7 heteroatoms. The van der Waals surface area contributed by atoms with E-state index < -0.39 is 12.6 Å². The van der Waals surface area contributed by atoms with Crippen LogP contribution in [0.2, 0.25) is 0 Å². The summed E-state index contributed by atoms with van der Waals surface area (Å²) in [4.78, 5) is 14.1. The van der Waals surface area contributed by atoms with Crippen LogP contribution in [-0.4, -0.2) is 38.1 Å². The first kappa shape index (κ1) is 8.42. The Bertz CT molecular complexity index is 467. The second-order valence-corrected chi connectivity index (χ2v) is 2.52. The van der Waals surface area contributed by atoms with Gasteiger partial charge in [-0.1, -0.05) is 0 Å². The number of aromatic amines is 1. The van der Waals surface area contributed by atoms with Crippen LogP contribution in [0.3, 0.4) is 0 Å². The van der Waals surface area contributed by atoms with Crippen LogP contribution < -0.4 is 4.74 Å². The first-order valence-electron chi connectivity index (χ1n) is 3.77. The van der Waals surface area contributed by atoms with E-state index in [4.69, 9.17) is 9.84 Å². The van der Waals surface area contributed by atoms with Crippen LogP contribution >= 0.6 is 0 Å². The summed E-state index contributed by atoms with van der Waals surface area (Å²) in [6, 6.07) is 1.56. The number of hydrogen-bond donors (Lipinski definition) is 2. The Hall–Kier alpha value is -2.18. The lowest BCUT2D eigenvalue weighted by Gasteiger charge is -2.00. The standard InChI is InChI=1S/C7H6N4O3/c12-6(13)3-14-4-1-5-7(8-2-4)10-11-9-5/h1-2H,3H2,(H,12,13)(H,8,9,10,11). The van der Waals surface area contributed by atoms with Crippen LogP contribution in [0, 0.1) is 0 Å². The largest absolute Gasteiger partial charge is 0.480 e. The van der Waals surface area contributed by atoms with E-state index in [1.54, 1.807) is 6.07 Å². The number of aliphatic carboxylic acids is 1. The highest BCUT2D eigenvalue weighted by atomic mass is 16.5. The van der Waals surface area contributed by atoms with Crippen molar-refractivity contribution < 1.29 is 14.6 Å². The molecule has 0 unspecified atom stereocenters. The van der Waals surface area contributed by atoms with Crippen molar-refractivity contribution in [1.29, 1.82) is 0 Å². The number of carboxylic acid groups (broad SMARTS) is 1. The van der Waals surface area contributed by atoms with Gasteiger partial charge in [0, 0.05) is 6.07 Å². The smallest absolute Gasteiger partial charge is 0.341 e. The molecule has 2 rings (SSSR count). The minimum absolute atomic E-state index is 0.355. The van der Waals surface area contributed by atoms with Crippen molar-refractivity contribution in [2.75, 3.05) is 6.61 Å². The molecule has 14 heavy (non-hydrogen) atoms. The second-order valence-electron chi connectivity index (χ2n) is 2.52. The maximum absolute atomic E-state index is 10.2. The van der Waals surface area contributed by atoms with E-state index in [0.29, 0.717) is 16.9 Å². The van der Waals surface area contributed by atoms with Crippen LogP contribution in [-0.2, 0) is 4.79 Å². The van der Waals surface area contributed by atoms with E-state index >= 15 is 0 Å². The van der Waals surface area contributed by atoms with Gasteiger partial charge in [-0.25, -0.2) is 9.78 Å². The Balaban J connectivity index is 2.21. The predicted octanol–water partition coefficient (Wildman–Crippen LogP) is -0.184. The average molecular weight is 194 g/mol. The topological polar surface area (TPSA) is 101 Å². The van der Waals surface area contributed by atoms with Gasteiger partial charge in [-0.3, -0.25) is 0 Å². The van der Waals surface area contributed by atoms with Gasteiger partial charge in [0.1, 0.15) is 11.3 Å². The van der Waals surface area contributed by atoms with Crippen LogP contribution in [0.15, 0.2) is 12.3 Å². The van der Waals surface area contributed by atoms with Crippen molar-refractivity contribution in [2.45, 2.75) is 0 Å². The number of hydrogen-bond acceptors (Lipinski definition) is 5. The molecule has 0 radical (unpaired) electrons. The molecule has 72 valence electrons. The number of fused-ring (bicyclic) bond motifs is 1.